The third kappa shape index (κ3) is 4.94. The molecule has 0 amide bonds. The topological polar surface area (TPSA) is 72.5 Å². The first-order valence-corrected chi connectivity index (χ1v) is 8.00. The van der Waals surface area contributed by atoms with E-state index in [2.05, 4.69) is 4.72 Å². The molecule has 0 bridgehead atoms. The predicted molar refractivity (Wildman–Crippen MR) is 76.9 cm³/mol. The Labute approximate surface area is 120 Å². The molecule has 112 valence electrons. The highest BCUT2D eigenvalue weighted by Crippen LogP contribution is 2.17. The molecule has 0 atom stereocenters. The van der Waals surface area contributed by atoms with E-state index < -0.39 is 16.0 Å². The molecule has 6 heteroatoms. The van der Waals surface area contributed by atoms with Gasteiger partial charge in [-0.2, -0.15) is 4.72 Å². The van der Waals surface area contributed by atoms with Crippen LogP contribution in [-0.2, 0) is 19.6 Å². The third-order valence-electron chi connectivity index (χ3n) is 2.63. The average molecular weight is 299 g/mol. The summed E-state index contributed by atoms with van der Waals surface area (Å²) in [6.07, 6.45) is -0.266. The van der Waals surface area contributed by atoms with Gasteiger partial charge in [-0.15, -0.1) is 0 Å². The van der Waals surface area contributed by atoms with Crippen molar-refractivity contribution in [1.82, 2.24) is 4.72 Å². The fraction of sp³-hybridized carbons (Fsp3) is 0.500. The average Bonchev–Trinajstić information content (AvgIpc) is 2.36. The number of nitrogens with one attached hydrogen (secondary N) is 1. The SMILES string of the molecule is CC(C)OC(=O)CNS(=O)(=O)c1ccc(C(C)C)cc1. The molecule has 0 aliphatic carbocycles. The summed E-state index contributed by atoms with van der Waals surface area (Å²) < 4.78 is 31.1. The van der Waals surface area contributed by atoms with E-state index in [4.69, 9.17) is 4.74 Å². The van der Waals surface area contributed by atoms with E-state index in [9.17, 15) is 13.2 Å². The molecule has 0 unspecified atom stereocenters. The second kappa shape index (κ2) is 6.85. The van der Waals surface area contributed by atoms with E-state index in [1.165, 1.54) is 12.1 Å². The summed E-state index contributed by atoms with van der Waals surface area (Å²) in [5.74, 6) is -0.261. The summed E-state index contributed by atoms with van der Waals surface area (Å²) >= 11 is 0. The van der Waals surface area contributed by atoms with Gasteiger partial charge in [0.1, 0.15) is 6.54 Å². The molecule has 20 heavy (non-hydrogen) atoms. The number of hydrogen-bond donors (Lipinski definition) is 1. The lowest BCUT2D eigenvalue weighted by atomic mass is 10.0. The van der Waals surface area contributed by atoms with Crippen LogP contribution in [-0.4, -0.2) is 27.0 Å². The summed E-state index contributed by atoms with van der Waals surface area (Å²) in [5, 5.41) is 0. The molecule has 0 saturated heterocycles. The lowest BCUT2D eigenvalue weighted by Crippen LogP contribution is -2.31. The van der Waals surface area contributed by atoms with Gasteiger partial charge in [-0.25, -0.2) is 8.42 Å². The van der Waals surface area contributed by atoms with Crippen LogP contribution in [0.2, 0.25) is 0 Å². The molecule has 5 nitrogen and oxygen atoms in total. The fourth-order valence-electron chi connectivity index (χ4n) is 1.57. The number of sulfonamides is 1. The molecular weight excluding hydrogens is 278 g/mol. The van der Waals surface area contributed by atoms with Gasteiger partial charge in [-0.05, 0) is 37.5 Å². The van der Waals surface area contributed by atoms with Crippen molar-refractivity contribution in [3.8, 4) is 0 Å². The zero-order chi connectivity index (χ0) is 15.3. The Kier molecular flexibility index (Phi) is 5.71. The Hall–Kier alpha value is -1.40. The van der Waals surface area contributed by atoms with E-state index in [0.29, 0.717) is 5.92 Å². The van der Waals surface area contributed by atoms with Crippen molar-refractivity contribution >= 4 is 16.0 Å². The number of carbonyl (C=O) groups excluding carboxylic acids is 1. The van der Waals surface area contributed by atoms with Crippen molar-refractivity contribution < 1.29 is 17.9 Å². The van der Waals surface area contributed by atoms with Crippen LogP contribution in [0.3, 0.4) is 0 Å². The molecule has 0 fully saturated rings. The van der Waals surface area contributed by atoms with Gasteiger partial charge in [0.2, 0.25) is 10.0 Å². The maximum atomic E-state index is 12.0. The third-order valence-corrected chi connectivity index (χ3v) is 4.05. The van der Waals surface area contributed by atoms with Gasteiger partial charge >= 0.3 is 5.97 Å². The molecule has 0 heterocycles. The van der Waals surface area contributed by atoms with E-state index in [1.54, 1.807) is 26.0 Å². The van der Waals surface area contributed by atoms with Crippen molar-refractivity contribution in [3.05, 3.63) is 29.8 Å². The fourth-order valence-corrected chi connectivity index (χ4v) is 2.54. The predicted octanol–water partition coefficient (Wildman–Crippen LogP) is 2.04. The molecule has 1 aromatic rings. The number of carbonyl (C=O) groups is 1. The Balaban J connectivity index is 2.71. The lowest BCUT2D eigenvalue weighted by Gasteiger charge is -2.10. The van der Waals surface area contributed by atoms with Gasteiger partial charge in [0.15, 0.2) is 0 Å². The second-order valence-electron chi connectivity index (χ2n) is 5.09. The summed E-state index contributed by atoms with van der Waals surface area (Å²) in [6.45, 7) is 7.11. The van der Waals surface area contributed by atoms with E-state index in [0.717, 1.165) is 5.56 Å². The standard InChI is InChI=1S/C14H21NO4S/c1-10(2)12-5-7-13(8-6-12)20(17,18)15-9-14(16)19-11(3)4/h5-8,10-11,15H,9H2,1-4H3. The Morgan fingerprint density at radius 2 is 1.70 bits per heavy atom. The minimum atomic E-state index is -3.68. The summed E-state index contributed by atoms with van der Waals surface area (Å²) in [7, 11) is -3.68. The highest BCUT2D eigenvalue weighted by molar-refractivity contribution is 7.89. The van der Waals surface area contributed by atoms with Crippen molar-refractivity contribution in [1.29, 1.82) is 0 Å². The summed E-state index contributed by atoms with van der Waals surface area (Å²) in [5.41, 5.74) is 1.06. The second-order valence-corrected chi connectivity index (χ2v) is 6.85. The van der Waals surface area contributed by atoms with Crippen molar-refractivity contribution in [3.63, 3.8) is 0 Å². The lowest BCUT2D eigenvalue weighted by molar-refractivity contribution is -0.145. The van der Waals surface area contributed by atoms with Crippen LogP contribution < -0.4 is 4.72 Å². The molecule has 1 N–H and O–H groups in total. The first-order valence-electron chi connectivity index (χ1n) is 6.51. The molecule has 0 spiro atoms. The van der Waals surface area contributed by atoms with Crippen LogP contribution in [0.1, 0.15) is 39.2 Å². The minimum Gasteiger partial charge on any atom is -0.462 e. The number of ether oxygens (including phenoxy) is 1. The molecule has 1 aromatic carbocycles. The number of benzene rings is 1. The smallest absolute Gasteiger partial charge is 0.321 e. The van der Waals surface area contributed by atoms with Crippen LogP contribution in [0, 0.1) is 0 Å². The highest BCUT2D eigenvalue weighted by Gasteiger charge is 2.16. The maximum Gasteiger partial charge on any atom is 0.321 e. The normalized spacial score (nSPS) is 11.9. The highest BCUT2D eigenvalue weighted by atomic mass is 32.2. The molecule has 1 rings (SSSR count). The van der Waals surface area contributed by atoms with Gasteiger partial charge in [-0.3, -0.25) is 4.79 Å². The molecule has 0 aromatic heterocycles. The summed E-state index contributed by atoms with van der Waals surface area (Å²) in [6, 6.07) is 6.61. The van der Waals surface area contributed by atoms with Gasteiger partial charge in [0.05, 0.1) is 11.0 Å². The van der Waals surface area contributed by atoms with Gasteiger partial charge in [-0.1, -0.05) is 26.0 Å². The van der Waals surface area contributed by atoms with Crippen LogP contribution in [0.5, 0.6) is 0 Å². The molecule has 0 aliphatic heterocycles. The van der Waals surface area contributed by atoms with Gasteiger partial charge in [0, 0.05) is 0 Å². The zero-order valence-corrected chi connectivity index (χ0v) is 13.0. The van der Waals surface area contributed by atoms with Crippen molar-refractivity contribution in [2.45, 2.75) is 44.6 Å². The van der Waals surface area contributed by atoms with Crippen LogP contribution in [0.25, 0.3) is 0 Å². The monoisotopic (exact) mass is 299 g/mol. The largest absolute Gasteiger partial charge is 0.462 e. The van der Waals surface area contributed by atoms with E-state index in [-0.39, 0.29) is 17.5 Å². The number of rotatable bonds is 6. The molecule has 0 saturated carbocycles. The number of esters is 1. The molecule has 0 aliphatic rings. The quantitative estimate of drug-likeness (QED) is 0.816. The Morgan fingerprint density at radius 1 is 1.15 bits per heavy atom. The minimum absolute atomic E-state index is 0.138. The van der Waals surface area contributed by atoms with Gasteiger partial charge < -0.3 is 4.74 Å². The van der Waals surface area contributed by atoms with E-state index >= 15 is 0 Å². The van der Waals surface area contributed by atoms with Crippen molar-refractivity contribution in [2.24, 2.45) is 0 Å². The molecular formula is C14H21NO4S. The van der Waals surface area contributed by atoms with Crippen LogP contribution >= 0.6 is 0 Å². The number of hydrogen-bond acceptors (Lipinski definition) is 4. The van der Waals surface area contributed by atoms with Crippen molar-refractivity contribution in [2.75, 3.05) is 6.54 Å². The Morgan fingerprint density at radius 3 is 2.15 bits per heavy atom. The van der Waals surface area contributed by atoms with E-state index in [1.807, 2.05) is 13.8 Å². The van der Waals surface area contributed by atoms with Crippen LogP contribution in [0.4, 0.5) is 0 Å². The van der Waals surface area contributed by atoms with Crippen LogP contribution in [0.15, 0.2) is 29.2 Å². The zero-order valence-electron chi connectivity index (χ0n) is 12.2. The first-order chi connectivity index (χ1) is 9.22. The first kappa shape index (κ1) is 16.7. The Bertz CT molecular complexity index is 547. The molecule has 0 radical (unpaired) electrons. The summed E-state index contributed by atoms with van der Waals surface area (Å²) in [4.78, 5) is 11.5. The van der Waals surface area contributed by atoms with Gasteiger partial charge in [0.25, 0.3) is 0 Å². The maximum absolute atomic E-state index is 12.0.